The molecular weight excluding hydrogens is 327 g/mol. The molecule has 2 aromatic rings. The van der Waals surface area contributed by atoms with Gasteiger partial charge in [0.1, 0.15) is 0 Å². The zero-order valence-corrected chi connectivity index (χ0v) is 13.5. The summed E-state index contributed by atoms with van der Waals surface area (Å²) < 4.78 is 10.3. The predicted molar refractivity (Wildman–Crippen MR) is 88.6 cm³/mol. The zero-order chi connectivity index (χ0) is 16.1. The highest BCUT2D eigenvalue weighted by Crippen LogP contribution is 2.31. The maximum absolute atomic E-state index is 12.0. The van der Waals surface area contributed by atoms with Crippen LogP contribution in [0.4, 0.5) is 16.2 Å². The minimum atomic E-state index is -0.448. The van der Waals surface area contributed by atoms with E-state index in [2.05, 4.69) is 10.6 Å². The summed E-state index contributed by atoms with van der Waals surface area (Å²) in [6, 6.07) is 9.58. The highest BCUT2D eigenvalue weighted by atomic mass is 35.5. The quantitative estimate of drug-likeness (QED) is 0.851. The minimum Gasteiger partial charge on any atom is -0.493 e. The highest BCUT2D eigenvalue weighted by molar-refractivity contribution is 6.44. The van der Waals surface area contributed by atoms with Gasteiger partial charge in [-0.3, -0.25) is 0 Å². The van der Waals surface area contributed by atoms with Crippen LogP contribution in [0.3, 0.4) is 0 Å². The number of benzene rings is 2. The average molecular weight is 341 g/mol. The first-order valence-corrected chi connectivity index (χ1v) is 7.04. The molecule has 0 aliphatic carbocycles. The Kier molecular flexibility index (Phi) is 5.35. The van der Waals surface area contributed by atoms with Crippen molar-refractivity contribution in [2.75, 3.05) is 24.9 Å². The van der Waals surface area contributed by atoms with Crippen LogP contribution in [0.2, 0.25) is 10.0 Å². The molecule has 2 aromatic carbocycles. The third-order valence-electron chi connectivity index (χ3n) is 2.84. The van der Waals surface area contributed by atoms with Gasteiger partial charge >= 0.3 is 6.03 Å². The molecule has 5 nitrogen and oxygen atoms in total. The lowest BCUT2D eigenvalue weighted by molar-refractivity contribution is 0.262. The lowest BCUT2D eigenvalue weighted by atomic mass is 10.2. The Morgan fingerprint density at radius 3 is 2.41 bits per heavy atom. The van der Waals surface area contributed by atoms with Gasteiger partial charge in [0.2, 0.25) is 0 Å². The van der Waals surface area contributed by atoms with Gasteiger partial charge in [-0.2, -0.15) is 0 Å². The number of rotatable bonds is 4. The molecule has 0 radical (unpaired) electrons. The molecule has 116 valence electrons. The zero-order valence-electron chi connectivity index (χ0n) is 11.9. The third kappa shape index (κ3) is 3.75. The van der Waals surface area contributed by atoms with E-state index in [0.717, 1.165) is 0 Å². The standard InChI is InChI=1S/C15H14Cl2N2O3/c1-21-12-7-6-9(8-13(12)22-2)18-15(20)19-11-5-3-4-10(16)14(11)17/h3-8H,1-2H3,(H2,18,19,20). The van der Waals surface area contributed by atoms with E-state index >= 15 is 0 Å². The number of nitrogens with one attached hydrogen (secondary N) is 2. The Labute approximate surface area is 138 Å². The van der Waals surface area contributed by atoms with Crippen molar-refractivity contribution >= 4 is 40.6 Å². The number of carbonyl (C=O) groups is 1. The molecule has 0 saturated heterocycles. The SMILES string of the molecule is COc1ccc(NC(=O)Nc2cccc(Cl)c2Cl)cc1OC. The highest BCUT2D eigenvalue weighted by Gasteiger charge is 2.10. The van der Waals surface area contributed by atoms with Crippen molar-refractivity contribution in [3.63, 3.8) is 0 Å². The second-order valence-corrected chi connectivity index (χ2v) is 5.04. The molecule has 0 aliphatic heterocycles. The van der Waals surface area contributed by atoms with Crippen LogP contribution in [-0.2, 0) is 0 Å². The number of halogens is 2. The van der Waals surface area contributed by atoms with Crippen molar-refractivity contribution < 1.29 is 14.3 Å². The summed E-state index contributed by atoms with van der Waals surface area (Å²) in [6.07, 6.45) is 0. The van der Waals surface area contributed by atoms with Gasteiger partial charge in [-0.15, -0.1) is 0 Å². The van der Waals surface area contributed by atoms with Gasteiger partial charge in [-0.05, 0) is 24.3 Å². The monoisotopic (exact) mass is 340 g/mol. The number of urea groups is 1. The van der Waals surface area contributed by atoms with Crippen LogP contribution in [0.1, 0.15) is 0 Å². The topological polar surface area (TPSA) is 59.6 Å². The number of methoxy groups -OCH3 is 2. The molecular formula is C15H14Cl2N2O3. The molecule has 22 heavy (non-hydrogen) atoms. The predicted octanol–water partition coefficient (Wildman–Crippen LogP) is 4.65. The van der Waals surface area contributed by atoms with Crippen molar-refractivity contribution in [1.29, 1.82) is 0 Å². The van der Waals surface area contributed by atoms with Crippen LogP contribution in [0.25, 0.3) is 0 Å². The number of anilines is 2. The fourth-order valence-corrected chi connectivity index (χ4v) is 2.15. The molecule has 0 aromatic heterocycles. The van der Waals surface area contributed by atoms with E-state index in [1.807, 2.05) is 0 Å². The van der Waals surface area contributed by atoms with E-state index in [9.17, 15) is 4.79 Å². The maximum atomic E-state index is 12.0. The van der Waals surface area contributed by atoms with Gasteiger partial charge in [0.05, 0.1) is 30.0 Å². The van der Waals surface area contributed by atoms with Crippen LogP contribution in [0.15, 0.2) is 36.4 Å². The van der Waals surface area contributed by atoms with Crippen molar-refractivity contribution in [3.05, 3.63) is 46.4 Å². The van der Waals surface area contributed by atoms with Crippen LogP contribution in [0.5, 0.6) is 11.5 Å². The number of ether oxygens (including phenoxy) is 2. The Balaban J connectivity index is 2.10. The van der Waals surface area contributed by atoms with Gasteiger partial charge in [-0.1, -0.05) is 29.3 Å². The number of hydrogen-bond acceptors (Lipinski definition) is 3. The van der Waals surface area contributed by atoms with Gasteiger partial charge in [0.15, 0.2) is 11.5 Å². The molecule has 0 heterocycles. The van der Waals surface area contributed by atoms with Crippen LogP contribution in [0, 0.1) is 0 Å². The molecule has 2 amide bonds. The summed E-state index contributed by atoms with van der Waals surface area (Å²) in [5.41, 5.74) is 0.973. The van der Waals surface area contributed by atoms with Crippen LogP contribution >= 0.6 is 23.2 Å². The molecule has 0 unspecified atom stereocenters. The summed E-state index contributed by atoms with van der Waals surface area (Å²) in [5, 5.41) is 5.95. The first-order chi connectivity index (χ1) is 10.5. The Morgan fingerprint density at radius 2 is 1.73 bits per heavy atom. The van der Waals surface area contributed by atoms with E-state index in [0.29, 0.717) is 27.9 Å². The normalized spacial score (nSPS) is 10.0. The molecule has 2 N–H and O–H groups in total. The molecule has 0 fully saturated rings. The van der Waals surface area contributed by atoms with Crippen molar-refractivity contribution in [2.45, 2.75) is 0 Å². The Bertz CT molecular complexity index is 692. The lowest BCUT2D eigenvalue weighted by Crippen LogP contribution is -2.19. The van der Waals surface area contributed by atoms with E-state index in [4.69, 9.17) is 32.7 Å². The molecule has 0 atom stereocenters. The molecule has 0 spiro atoms. The molecule has 0 saturated carbocycles. The van der Waals surface area contributed by atoms with E-state index < -0.39 is 6.03 Å². The first kappa shape index (κ1) is 16.3. The van der Waals surface area contributed by atoms with Crippen LogP contribution in [-0.4, -0.2) is 20.3 Å². The van der Waals surface area contributed by atoms with Crippen molar-refractivity contribution in [3.8, 4) is 11.5 Å². The number of carbonyl (C=O) groups excluding carboxylic acids is 1. The summed E-state index contributed by atoms with van der Waals surface area (Å²) in [4.78, 5) is 12.0. The summed E-state index contributed by atoms with van der Waals surface area (Å²) in [7, 11) is 3.06. The molecule has 7 heteroatoms. The fourth-order valence-electron chi connectivity index (χ4n) is 1.80. The number of amides is 2. The van der Waals surface area contributed by atoms with Crippen LogP contribution < -0.4 is 20.1 Å². The second-order valence-electron chi connectivity index (χ2n) is 4.25. The third-order valence-corrected chi connectivity index (χ3v) is 3.66. The second kappa shape index (κ2) is 7.24. The largest absolute Gasteiger partial charge is 0.493 e. The van der Waals surface area contributed by atoms with E-state index in [1.54, 1.807) is 43.5 Å². The summed E-state index contributed by atoms with van der Waals surface area (Å²) >= 11 is 11.9. The van der Waals surface area contributed by atoms with Gasteiger partial charge < -0.3 is 20.1 Å². The van der Waals surface area contributed by atoms with Gasteiger partial charge in [0.25, 0.3) is 0 Å². The Morgan fingerprint density at radius 1 is 1.00 bits per heavy atom. The van der Waals surface area contributed by atoms with Crippen molar-refractivity contribution in [2.24, 2.45) is 0 Å². The molecule has 0 bridgehead atoms. The van der Waals surface area contributed by atoms with E-state index in [-0.39, 0.29) is 5.02 Å². The maximum Gasteiger partial charge on any atom is 0.323 e. The fraction of sp³-hybridized carbons (Fsp3) is 0.133. The molecule has 2 rings (SSSR count). The molecule has 0 aliphatic rings. The van der Waals surface area contributed by atoms with Gasteiger partial charge in [0, 0.05) is 11.8 Å². The Hall–Kier alpha value is -2.11. The number of hydrogen-bond donors (Lipinski definition) is 2. The smallest absolute Gasteiger partial charge is 0.323 e. The summed E-state index contributed by atoms with van der Waals surface area (Å²) in [6.45, 7) is 0. The summed E-state index contributed by atoms with van der Waals surface area (Å²) in [5.74, 6) is 1.09. The van der Waals surface area contributed by atoms with Crippen molar-refractivity contribution in [1.82, 2.24) is 0 Å². The van der Waals surface area contributed by atoms with E-state index in [1.165, 1.54) is 7.11 Å². The van der Waals surface area contributed by atoms with Gasteiger partial charge in [-0.25, -0.2) is 4.79 Å². The average Bonchev–Trinajstić information content (AvgIpc) is 2.51. The lowest BCUT2D eigenvalue weighted by Gasteiger charge is -2.12. The first-order valence-electron chi connectivity index (χ1n) is 6.29. The minimum absolute atomic E-state index is 0.284.